The van der Waals surface area contributed by atoms with Gasteiger partial charge in [-0.3, -0.25) is 9.80 Å². The van der Waals surface area contributed by atoms with Crippen molar-refractivity contribution in [2.24, 2.45) is 0 Å². The molecule has 0 aliphatic carbocycles. The molecule has 2 fully saturated rings. The normalized spacial score (nSPS) is 28.7. The highest BCUT2D eigenvalue weighted by Gasteiger charge is 2.34. The number of likely N-dealkylation sites (N-methyl/N-ethyl adjacent to an activating group) is 1. The molecule has 1 unspecified atom stereocenters. The van der Waals surface area contributed by atoms with Crippen LogP contribution < -0.4 is 5.32 Å². The minimum atomic E-state index is 0.0258. The van der Waals surface area contributed by atoms with Gasteiger partial charge in [0.05, 0.1) is 19.3 Å². The third-order valence-electron chi connectivity index (χ3n) is 2.96. The topological polar surface area (TPSA) is 44.8 Å². The van der Waals surface area contributed by atoms with Gasteiger partial charge in [0.1, 0.15) is 0 Å². The Morgan fingerprint density at radius 3 is 2.80 bits per heavy atom. The van der Waals surface area contributed by atoms with Gasteiger partial charge in [0.15, 0.2) is 0 Å². The summed E-state index contributed by atoms with van der Waals surface area (Å²) in [5.41, 5.74) is 0. The molecule has 86 valence electrons. The standard InChI is InChI=1S/C10H19N3O2/c1-2-11-9-3-4-13(10(9)14)12-5-7-15-8-6-12/h9,11H,2-8H2,1H3. The molecule has 5 nitrogen and oxygen atoms in total. The zero-order valence-corrected chi connectivity index (χ0v) is 9.24. The zero-order chi connectivity index (χ0) is 10.7. The van der Waals surface area contributed by atoms with E-state index in [9.17, 15) is 4.79 Å². The van der Waals surface area contributed by atoms with Crippen LogP contribution in [0.3, 0.4) is 0 Å². The number of carbonyl (C=O) groups is 1. The van der Waals surface area contributed by atoms with Crippen LogP contribution in [0.4, 0.5) is 0 Å². The first-order valence-electron chi connectivity index (χ1n) is 5.70. The van der Waals surface area contributed by atoms with Gasteiger partial charge < -0.3 is 10.1 Å². The number of morpholine rings is 1. The fraction of sp³-hybridized carbons (Fsp3) is 0.900. The second kappa shape index (κ2) is 4.92. The maximum atomic E-state index is 12.0. The zero-order valence-electron chi connectivity index (χ0n) is 9.24. The predicted octanol–water partition coefficient (Wildman–Crippen LogP) is -0.556. The second-order valence-electron chi connectivity index (χ2n) is 3.93. The minimum Gasteiger partial charge on any atom is -0.379 e. The SMILES string of the molecule is CCNC1CCN(N2CCOCC2)C1=O. The molecule has 1 N–H and O–H groups in total. The molecule has 2 aliphatic heterocycles. The summed E-state index contributed by atoms with van der Waals surface area (Å²) in [6, 6.07) is 0.0258. The van der Waals surface area contributed by atoms with Crippen LogP contribution in [0.2, 0.25) is 0 Å². The third kappa shape index (κ3) is 2.30. The molecule has 0 radical (unpaired) electrons. The van der Waals surface area contributed by atoms with Crippen molar-refractivity contribution in [3.8, 4) is 0 Å². The quantitative estimate of drug-likeness (QED) is 0.683. The molecule has 0 aromatic rings. The molecule has 0 saturated carbocycles. The molecule has 0 aromatic heterocycles. The van der Waals surface area contributed by atoms with Gasteiger partial charge in [-0.05, 0) is 13.0 Å². The summed E-state index contributed by atoms with van der Waals surface area (Å²) in [6.45, 7) is 6.87. The predicted molar refractivity (Wildman–Crippen MR) is 56.2 cm³/mol. The van der Waals surface area contributed by atoms with Gasteiger partial charge >= 0.3 is 0 Å². The van der Waals surface area contributed by atoms with Crippen molar-refractivity contribution < 1.29 is 9.53 Å². The summed E-state index contributed by atoms with van der Waals surface area (Å²) < 4.78 is 5.27. The van der Waals surface area contributed by atoms with Crippen molar-refractivity contribution in [3.63, 3.8) is 0 Å². The van der Waals surface area contributed by atoms with E-state index in [1.54, 1.807) is 0 Å². The number of ether oxygens (including phenoxy) is 1. The fourth-order valence-electron chi connectivity index (χ4n) is 2.18. The van der Waals surface area contributed by atoms with E-state index in [0.717, 1.165) is 45.8 Å². The number of rotatable bonds is 3. The van der Waals surface area contributed by atoms with Crippen LogP contribution in [-0.4, -0.2) is 61.4 Å². The van der Waals surface area contributed by atoms with Crippen LogP contribution in [0.5, 0.6) is 0 Å². The monoisotopic (exact) mass is 213 g/mol. The maximum Gasteiger partial charge on any atom is 0.254 e. The first-order valence-corrected chi connectivity index (χ1v) is 5.70. The lowest BCUT2D eigenvalue weighted by molar-refractivity contribution is -0.151. The molecule has 15 heavy (non-hydrogen) atoms. The molecule has 1 amide bonds. The van der Waals surface area contributed by atoms with Gasteiger partial charge in [-0.1, -0.05) is 6.92 Å². The number of nitrogens with one attached hydrogen (secondary N) is 1. The lowest BCUT2D eigenvalue weighted by Crippen LogP contribution is -2.51. The molecule has 2 aliphatic rings. The van der Waals surface area contributed by atoms with Gasteiger partial charge in [0, 0.05) is 19.6 Å². The Kier molecular flexibility index (Phi) is 3.56. The van der Waals surface area contributed by atoms with Gasteiger partial charge in [-0.15, -0.1) is 0 Å². The second-order valence-corrected chi connectivity index (χ2v) is 3.93. The van der Waals surface area contributed by atoms with E-state index >= 15 is 0 Å². The molecule has 0 spiro atoms. The summed E-state index contributed by atoms with van der Waals surface area (Å²) in [4.78, 5) is 12.0. The summed E-state index contributed by atoms with van der Waals surface area (Å²) >= 11 is 0. The van der Waals surface area contributed by atoms with Gasteiger partial charge in [-0.2, -0.15) is 0 Å². The van der Waals surface area contributed by atoms with Crippen LogP contribution in [0.1, 0.15) is 13.3 Å². The molecule has 2 saturated heterocycles. The summed E-state index contributed by atoms with van der Waals surface area (Å²) in [7, 11) is 0. The van der Waals surface area contributed by atoms with Crippen molar-refractivity contribution in [2.75, 3.05) is 39.4 Å². The maximum absolute atomic E-state index is 12.0. The van der Waals surface area contributed by atoms with E-state index in [4.69, 9.17) is 4.74 Å². The van der Waals surface area contributed by atoms with Crippen LogP contribution in [0, 0.1) is 0 Å². The summed E-state index contributed by atoms with van der Waals surface area (Å²) in [6.07, 6.45) is 0.921. The number of hydrazine groups is 1. The molecule has 5 heteroatoms. The van der Waals surface area contributed by atoms with Crippen LogP contribution in [-0.2, 0) is 9.53 Å². The molecule has 0 aromatic carbocycles. The number of hydrogen-bond acceptors (Lipinski definition) is 4. The van der Waals surface area contributed by atoms with E-state index in [1.165, 1.54) is 0 Å². The average molecular weight is 213 g/mol. The number of nitrogens with zero attached hydrogens (tertiary/aromatic N) is 2. The minimum absolute atomic E-state index is 0.0258. The highest BCUT2D eigenvalue weighted by atomic mass is 16.5. The molecule has 2 heterocycles. The highest BCUT2D eigenvalue weighted by Crippen LogP contribution is 2.15. The van der Waals surface area contributed by atoms with E-state index in [1.807, 2.05) is 11.9 Å². The first-order chi connectivity index (χ1) is 7.33. The van der Waals surface area contributed by atoms with Crippen molar-refractivity contribution in [2.45, 2.75) is 19.4 Å². The summed E-state index contributed by atoms with van der Waals surface area (Å²) in [5, 5.41) is 7.21. The molecular formula is C10H19N3O2. The Morgan fingerprint density at radius 2 is 2.13 bits per heavy atom. The van der Waals surface area contributed by atoms with Crippen LogP contribution in [0.25, 0.3) is 0 Å². The summed E-state index contributed by atoms with van der Waals surface area (Å²) in [5.74, 6) is 0.221. The van der Waals surface area contributed by atoms with Crippen LogP contribution >= 0.6 is 0 Å². The number of carbonyl (C=O) groups excluding carboxylic acids is 1. The van der Waals surface area contributed by atoms with Crippen molar-refractivity contribution in [3.05, 3.63) is 0 Å². The Labute approximate surface area is 90.3 Å². The average Bonchev–Trinajstić information content (AvgIpc) is 2.63. The lowest BCUT2D eigenvalue weighted by Gasteiger charge is -2.34. The van der Waals surface area contributed by atoms with E-state index in [-0.39, 0.29) is 11.9 Å². The Morgan fingerprint density at radius 1 is 1.40 bits per heavy atom. The van der Waals surface area contributed by atoms with E-state index in [2.05, 4.69) is 10.3 Å². The Hall–Kier alpha value is -0.650. The third-order valence-corrected chi connectivity index (χ3v) is 2.96. The molecule has 0 bridgehead atoms. The van der Waals surface area contributed by atoms with Crippen molar-refractivity contribution in [1.82, 2.24) is 15.3 Å². The van der Waals surface area contributed by atoms with E-state index < -0.39 is 0 Å². The fourth-order valence-corrected chi connectivity index (χ4v) is 2.18. The largest absolute Gasteiger partial charge is 0.379 e. The van der Waals surface area contributed by atoms with Gasteiger partial charge in [-0.25, -0.2) is 5.01 Å². The number of amides is 1. The first kappa shape index (κ1) is 10.9. The smallest absolute Gasteiger partial charge is 0.254 e. The van der Waals surface area contributed by atoms with E-state index in [0.29, 0.717) is 0 Å². The lowest BCUT2D eigenvalue weighted by atomic mass is 10.2. The van der Waals surface area contributed by atoms with Gasteiger partial charge in [0.25, 0.3) is 5.91 Å². The molecular weight excluding hydrogens is 194 g/mol. The van der Waals surface area contributed by atoms with Crippen molar-refractivity contribution >= 4 is 5.91 Å². The number of hydrogen-bond donors (Lipinski definition) is 1. The van der Waals surface area contributed by atoms with Crippen LogP contribution in [0.15, 0.2) is 0 Å². The van der Waals surface area contributed by atoms with Crippen molar-refractivity contribution in [1.29, 1.82) is 0 Å². The molecule has 1 atom stereocenters. The Balaban J connectivity index is 1.90. The molecule has 2 rings (SSSR count). The highest BCUT2D eigenvalue weighted by molar-refractivity contribution is 5.83. The van der Waals surface area contributed by atoms with Gasteiger partial charge in [0.2, 0.25) is 0 Å². The Bertz CT molecular complexity index is 229.